The second kappa shape index (κ2) is 5.74. The van der Waals surface area contributed by atoms with E-state index in [0.717, 1.165) is 6.07 Å². The van der Waals surface area contributed by atoms with Gasteiger partial charge in [-0.05, 0) is 25.1 Å². The van der Waals surface area contributed by atoms with E-state index in [-0.39, 0.29) is 16.5 Å². The van der Waals surface area contributed by atoms with Crippen LogP contribution >= 0.6 is 11.6 Å². The number of nitrogens with two attached hydrogens (primary N) is 1. The molecule has 112 valence electrons. The Labute approximate surface area is 123 Å². The molecule has 1 aromatic carbocycles. The fraction of sp³-hybridized carbons (Fsp3) is 0.167. The molecule has 0 saturated carbocycles. The van der Waals surface area contributed by atoms with Crippen LogP contribution < -0.4 is 16.6 Å². The summed E-state index contributed by atoms with van der Waals surface area (Å²) in [4.78, 5) is 7.76. The molecule has 0 amide bonds. The summed E-state index contributed by atoms with van der Waals surface area (Å²) in [6.45, 7) is 1.63. The van der Waals surface area contributed by atoms with Crippen LogP contribution in [0.25, 0.3) is 0 Å². The molecule has 0 aliphatic carbocycles. The number of halogens is 4. The number of benzene rings is 1. The Kier molecular flexibility index (Phi) is 4.19. The maximum atomic E-state index is 13.0. The van der Waals surface area contributed by atoms with Crippen LogP contribution in [-0.2, 0) is 6.18 Å². The highest BCUT2D eigenvalue weighted by Crippen LogP contribution is 2.37. The van der Waals surface area contributed by atoms with Crippen LogP contribution in [0.3, 0.4) is 0 Å². The Morgan fingerprint density at radius 2 is 1.86 bits per heavy atom. The normalized spacial score (nSPS) is 11.3. The van der Waals surface area contributed by atoms with Crippen molar-refractivity contribution in [2.24, 2.45) is 5.84 Å². The first kappa shape index (κ1) is 15.3. The van der Waals surface area contributed by atoms with Crippen molar-refractivity contribution < 1.29 is 13.2 Å². The first-order valence-electron chi connectivity index (χ1n) is 5.75. The van der Waals surface area contributed by atoms with Gasteiger partial charge < -0.3 is 10.7 Å². The number of anilines is 3. The van der Waals surface area contributed by atoms with Gasteiger partial charge in [-0.2, -0.15) is 13.2 Å². The minimum Gasteiger partial charge on any atom is -0.339 e. The van der Waals surface area contributed by atoms with Crippen molar-refractivity contribution in [3.63, 3.8) is 0 Å². The highest BCUT2D eigenvalue weighted by atomic mass is 35.5. The number of hydrazine groups is 1. The quantitative estimate of drug-likeness (QED) is 0.597. The molecule has 2 aromatic rings. The molecule has 2 rings (SSSR count). The van der Waals surface area contributed by atoms with Gasteiger partial charge in [0.05, 0.1) is 11.3 Å². The molecule has 0 aliphatic rings. The van der Waals surface area contributed by atoms with Crippen molar-refractivity contribution in [1.29, 1.82) is 0 Å². The van der Waals surface area contributed by atoms with Crippen LogP contribution in [0, 0.1) is 6.92 Å². The molecule has 0 spiro atoms. The highest BCUT2D eigenvalue weighted by molar-refractivity contribution is 6.30. The van der Waals surface area contributed by atoms with E-state index < -0.39 is 11.7 Å². The molecular weight excluding hydrogens is 307 g/mol. The molecule has 0 unspecified atom stereocenters. The lowest BCUT2D eigenvalue weighted by Gasteiger charge is -2.16. The molecule has 4 N–H and O–H groups in total. The zero-order valence-electron chi connectivity index (χ0n) is 10.8. The molecule has 0 fully saturated rings. The molecule has 0 atom stereocenters. The highest BCUT2D eigenvalue weighted by Gasteiger charge is 2.34. The van der Waals surface area contributed by atoms with Crippen molar-refractivity contribution in [3.8, 4) is 0 Å². The molecular formula is C12H11ClF3N5. The predicted octanol–water partition coefficient (Wildman–Crippen LogP) is 3.49. The van der Waals surface area contributed by atoms with Crippen molar-refractivity contribution in [2.45, 2.75) is 13.1 Å². The number of rotatable bonds is 3. The topological polar surface area (TPSA) is 75.9 Å². The van der Waals surface area contributed by atoms with Crippen LogP contribution in [0.4, 0.5) is 30.5 Å². The molecule has 0 aliphatic heterocycles. The van der Waals surface area contributed by atoms with Gasteiger partial charge in [0.1, 0.15) is 18.0 Å². The second-order valence-corrected chi connectivity index (χ2v) is 4.59. The summed E-state index contributed by atoms with van der Waals surface area (Å²) >= 11 is 5.62. The van der Waals surface area contributed by atoms with Crippen LogP contribution in [0.1, 0.15) is 11.1 Å². The zero-order valence-corrected chi connectivity index (χ0v) is 11.5. The number of hydrogen-bond donors (Lipinski definition) is 3. The van der Waals surface area contributed by atoms with Crippen LogP contribution in [0.5, 0.6) is 0 Å². The van der Waals surface area contributed by atoms with Gasteiger partial charge in [-0.3, -0.25) is 0 Å². The summed E-state index contributed by atoms with van der Waals surface area (Å²) in [5.41, 5.74) is 1.79. The lowest BCUT2D eigenvalue weighted by molar-refractivity contribution is -0.136. The molecule has 0 radical (unpaired) electrons. The molecule has 0 bridgehead atoms. The Bertz CT molecular complexity index is 660. The van der Waals surface area contributed by atoms with E-state index >= 15 is 0 Å². The second-order valence-electron chi connectivity index (χ2n) is 4.15. The minimum absolute atomic E-state index is 0.00315. The van der Waals surface area contributed by atoms with Crippen molar-refractivity contribution in [2.75, 3.05) is 10.7 Å². The average molecular weight is 318 g/mol. The third-order valence-electron chi connectivity index (χ3n) is 2.76. The van der Waals surface area contributed by atoms with Crippen molar-refractivity contribution in [1.82, 2.24) is 9.97 Å². The minimum atomic E-state index is -4.54. The number of hydrogen-bond acceptors (Lipinski definition) is 5. The van der Waals surface area contributed by atoms with E-state index in [0.29, 0.717) is 11.4 Å². The van der Waals surface area contributed by atoms with Gasteiger partial charge in [-0.25, -0.2) is 15.8 Å². The molecule has 9 heteroatoms. The van der Waals surface area contributed by atoms with E-state index in [1.165, 1.54) is 18.5 Å². The van der Waals surface area contributed by atoms with Crippen molar-refractivity contribution in [3.05, 3.63) is 40.7 Å². The van der Waals surface area contributed by atoms with Gasteiger partial charge in [0.15, 0.2) is 0 Å². The van der Waals surface area contributed by atoms with Gasteiger partial charge in [0.2, 0.25) is 0 Å². The van der Waals surface area contributed by atoms with Gasteiger partial charge in [0, 0.05) is 10.6 Å². The summed E-state index contributed by atoms with van der Waals surface area (Å²) in [6.07, 6.45) is -3.35. The maximum absolute atomic E-state index is 13.0. The third-order valence-corrected chi connectivity index (χ3v) is 3.00. The average Bonchev–Trinajstić information content (AvgIpc) is 2.42. The molecule has 5 nitrogen and oxygen atoms in total. The van der Waals surface area contributed by atoms with E-state index in [1.54, 1.807) is 6.92 Å². The van der Waals surface area contributed by atoms with Gasteiger partial charge in [-0.1, -0.05) is 11.6 Å². The Morgan fingerprint density at radius 1 is 1.19 bits per heavy atom. The van der Waals surface area contributed by atoms with E-state index in [9.17, 15) is 13.2 Å². The van der Waals surface area contributed by atoms with Gasteiger partial charge >= 0.3 is 6.18 Å². The lowest BCUT2D eigenvalue weighted by Crippen LogP contribution is -2.13. The molecule has 0 saturated heterocycles. The number of nitrogen functional groups attached to an aromatic ring is 1. The number of alkyl halides is 3. The Morgan fingerprint density at radius 3 is 2.48 bits per heavy atom. The fourth-order valence-corrected chi connectivity index (χ4v) is 1.88. The summed E-state index contributed by atoms with van der Waals surface area (Å²) in [7, 11) is 0. The van der Waals surface area contributed by atoms with Gasteiger partial charge in [-0.15, -0.1) is 0 Å². The number of nitrogens with zero attached hydrogens (tertiary/aromatic N) is 2. The van der Waals surface area contributed by atoms with Crippen molar-refractivity contribution >= 4 is 28.9 Å². The predicted molar refractivity (Wildman–Crippen MR) is 74.3 cm³/mol. The largest absolute Gasteiger partial charge is 0.418 e. The van der Waals surface area contributed by atoms with E-state index in [4.69, 9.17) is 17.4 Å². The summed E-state index contributed by atoms with van der Waals surface area (Å²) < 4.78 is 39.0. The SMILES string of the molecule is Cc1c(NN)ncnc1Nc1ccc(Cl)cc1C(F)(F)F. The molecule has 21 heavy (non-hydrogen) atoms. The molecule has 1 heterocycles. The summed E-state index contributed by atoms with van der Waals surface area (Å²) in [5, 5.41) is 2.62. The standard InChI is InChI=1S/C12H11ClF3N5/c1-6-10(18-5-19-11(6)21-17)20-9-3-2-7(13)4-8(9)12(14,15)16/h2-5H,17H2,1H3,(H2,18,19,20,21). The third kappa shape index (κ3) is 3.34. The monoisotopic (exact) mass is 317 g/mol. The fourth-order valence-electron chi connectivity index (χ4n) is 1.71. The Balaban J connectivity index is 2.45. The van der Waals surface area contributed by atoms with Crippen LogP contribution in [0.15, 0.2) is 24.5 Å². The number of aromatic nitrogens is 2. The first-order chi connectivity index (χ1) is 9.82. The summed E-state index contributed by atoms with van der Waals surface area (Å²) in [5.74, 6) is 5.79. The van der Waals surface area contributed by atoms with E-state index in [2.05, 4.69) is 20.7 Å². The Hall–Kier alpha value is -2.06. The lowest BCUT2D eigenvalue weighted by atomic mass is 10.1. The smallest absolute Gasteiger partial charge is 0.339 e. The first-order valence-corrected chi connectivity index (χ1v) is 6.12. The van der Waals surface area contributed by atoms with Gasteiger partial charge in [0.25, 0.3) is 0 Å². The number of nitrogens with one attached hydrogen (secondary N) is 2. The van der Waals surface area contributed by atoms with Crippen LogP contribution in [-0.4, -0.2) is 9.97 Å². The summed E-state index contributed by atoms with van der Waals surface area (Å²) in [6, 6.07) is 3.45. The molecule has 1 aromatic heterocycles. The van der Waals surface area contributed by atoms with E-state index in [1.807, 2.05) is 0 Å². The maximum Gasteiger partial charge on any atom is 0.418 e. The van der Waals surface area contributed by atoms with Crippen LogP contribution in [0.2, 0.25) is 5.02 Å². The zero-order chi connectivity index (χ0) is 15.6.